The van der Waals surface area contributed by atoms with Crippen LogP contribution in [0.15, 0.2) is 18.2 Å². The minimum atomic E-state index is 0.206. The number of benzene rings is 1. The summed E-state index contributed by atoms with van der Waals surface area (Å²) in [5, 5.41) is 3.43. The second-order valence-electron chi connectivity index (χ2n) is 6.17. The molecule has 120 valence electrons. The van der Waals surface area contributed by atoms with Crippen LogP contribution in [0.5, 0.6) is 11.5 Å². The van der Waals surface area contributed by atoms with E-state index in [1.807, 2.05) is 23.1 Å². The van der Waals surface area contributed by atoms with E-state index in [0.717, 1.165) is 44.1 Å². The first-order valence-corrected chi connectivity index (χ1v) is 7.90. The quantitative estimate of drug-likeness (QED) is 0.911. The maximum atomic E-state index is 12.5. The number of piperidine rings is 1. The van der Waals surface area contributed by atoms with Crippen molar-refractivity contribution in [3.8, 4) is 11.5 Å². The first-order chi connectivity index (χ1) is 10.7. The molecule has 22 heavy (non-hydrogen) atoms. The maximum Gasteiger partial charge on any atom is 0.227 e. The lowest BCUT2D eigenvalue weighted by atomic mass is 9.88. The molecule has 0 aromatic heterocycles. The van der Waals surface area contributed by atoms with Crippen LogP contribution in [0.3, 0.4) is 0 Å². The molecule has 1 N–H and O–H groups in total. The number of carbonyl (C=O) groups excluding carboxylic acids is 1. The van der Waals surface area contributed by atoms with Crippen LogP contribution in [0, 0.1) is 11.8 Å². The third kappa shape index (κ3) is 3.04. The van der Waals surface area contributed by atoms with E-state index in [1.165, 1.54) is 0 Å². The Morgan fingerprint density at radius 2 is 2.00 bits per heavy atom. The van der Waals surface area contributed by atoms with Gasteiger partial charge in [-0.05, 0) is 49.0 Å². The highest BCUT2D eigenvalue weighted by molar-refractivity contribution is 5.79. The Balaban J connectivity index is 1.64. The van der Waals surface area contributed by atoms with Gasteiger partial charge in [0.2, 0.25) is 5.91 Å². The average molecular weight is 304 g/mol. The van der Waals surface area contributed by atoms with Gasteiger partial charge in [-0.15, -0.1) is 0 Å². The predicted molar refractivity (Wildman–Crippen MR) is 84.3 cm³/mol. The Labute approximate surface area is 131 Å². The van der Waals surface area contributed by atoms with Crippen LogP contribution >= 0.6 is 0 Å². The van der Waals surface area contributed by atoms with E-state index in [-0.39, 0.29) is 5.91 Å². The van der Waals surface area contributed by atoms with Crippen molar-refractivity contribution in [2.45, 2.75) is 12.8 Å². The molecule has 3 rings (SSSR count). The van der Waals surface area contributed by atoms with Gasteiger partial charge < -0.3 is 19.7 Å². The fourth-order valence-corrected chi connectivity index (χ4v) is 3.54. The van der Waals surface area contributed by atoms with E-state index in [0.29, 0.717) is 23.8 Å². The molecule has 5 nitrogen and oxygen atoms in total. The molecular weight excluding hydrogens is 280 g/mol. The molecule has 0 saturated carbocycles. The molecular formula is C17H24N2O3. The van der Waals surface area contributed by atoms with Crippen molar-refractivity contribution in [2.24, 2.45) is 11.8 Å². The number of nitrogens with zero attached hydrogens (tertiary/aromatic N) is 1. The second-order valence-corrected chi connectivity index (χ2v) is 6.17. The maximum absolute atomic E-state index is 12.5. The molecule has 1 aromatic carbocycles. The highest BCUT2D eigenvalue weighted by atomic mass is 16.5. The highest BCUT2D eigenvalue weighted by Crippen LogP contribution is 2.29. The van der Waals surface area contributed by atoms with Crippen molar-refractivity contribution in [1.82, 2.24) is 10.2 Å². The minimum Gasteiger partial charge on any atom is -0.493 e. The SMILES string of the molecule is COc1ccc(CC(=O)N2CCC3CNCC3C2)cc1OC. The lowest BCUT2D eigenvalue weighted by molar-refractivity contribution is -0.132. The first-order valence-electron chi connectivity index (χ1n) is 7.90. The topological polar surface area (TPSA) is 50.8 Å². The van der Waals surface area contributed by atoms with E-state index in [2.05, 4.69) is 5.32 Å². The van der Waals surface area contributed by atoms with Gasteiger partial charge >= 0.3 is 0 Å². The molecule has 1 aromatic rings. The number of likely N-dealkylation sites (tertiary alicyclic amines) is 1. The standard InChI is InChI=1S/C17H24N2O3/c1-21-15-4-3-12(7-16(15)22-2)8-17(20)19-6-5-13-9-18-10-14(13)11-19/h3-4,7,13-14,18H,5-6,8-11H2,1-2H3. The van der Waals surface area contributed by atoms with Gasteiger partial charge in [-0.1, -0.05) is 6.07 Å². The third-order valence-corrected chi connectivity index (χ3v) is 4.86. The summed E-state index contributed by atoms with van der Waals surface area (Å²) in [7, 11) is 3.23. The van der Waals surface area contributed by atoms with Crippen LogP contribution in [0.2, 0.25) is 0 Å². The summed E-state index contributed by atoms with van der Waals surface area (Å²) in [4.78, 5) is 14.6. The number of hydrogen-bond donors (Lipinski definition) is 1. The summed E-state index contributed by atoms with van der Waals surface area (Å²) in [6, 6.07) is 5.68. The molecule has 2 saturated heterocycles. The average Bonchev–Trinajstić information content (AvgIpc) is 3.02. The molecule has 2 unspecified atom stereocenters. The van der Waals surface area contributed by atoms with Crippen LogP contribution in [0.1, 0.15) is 12.0 Å². The van der Waals surface area contributed by atoms with Gasteiger partial charge in [0.15, 0.2) is 11.5 Å². The third-order valence-electron chi connectivity index (χ3n) is 4.86. The summed E-state index contributed by atoms with van der Waals surface area (Å²) in [6.07, 6.45) is 1.54. The van der Waals surface area contributed by atoms with Gasteiger partial charge in [-0.2, -0.15) is 0 Å². The smallest absolute Gasteiger partial charge is 0.227 e. The molecule has 2 heterocycles. The van der Waals surface area contributed by atoms with Crippen molar-refractivity contribution in [3.05, 3.63) is 23.8 Å². The van der Waals surface area contributed by atoms with Crippen LogP contribution in [-0.2, 0) is 11.2 Å². The lowest BCUT2D eigenvalue weighted by Gasteiger charge is -2.34. The van der Waals surface area contributed by atoms with Gasteiger partial charge in [-0.3, -0.25) is 4.79 Å². The van der Waals surface area contributed by atoms with E-state index in [1.54, 1.807) is 14.2 Å². The number of fused-ring (bicyclic) bond motifs is 1. The monoisotopic (exact) mass is 304 g/mol. The molecule has 2 aliphatic heterocycles. The number of carbonyl (C=O) groups is 1. The summed E-state index contributed by atoms with van der Waals surface area (Å²) >= 11 is 0. The van der Waals surface area contributed by atoms with Crippen LogP contribution < -0.4 is 14.8 Å². The van der Waals surface area contributed by atoms with E-state index >= 15 is 0 Å². The zero-order valence-electron chi connectivity index (χ0n) is 13.3. The van der Waals surface area contributed by atoms with E-state index in [4.69, 9.17) is 9.47 Å². The van der Waals surface area contributed by atoms with Crippen LogP contribution in [-0.4, -0.2) is 51.2 Å². The van der Waals surface area contributed by atoms with Crippen molar-refractivity contribution in [2.75, 3.05) is 40.4 Å². The van der Waals surface area contributed by atoms with Crippen molar-refractivity contribution < 1.29 is 14.3 Å². The van der Waals surface area contributed by atoms with Gasteiger partial charge in [-0.25, -0.2) is 0 Å². The molecule has 2 aliphatic rings. The lowest BCUT2D eigenvalue weighted by Crippen LogP contribution is -2.44. The number of amides is 1. The highest BCUT2D eigenvalue weighted by Gasteiger charge is 2.34. The second kappa shape index (κ2) is 6.57. The Morgan fingerprint density at radius 1 is 1.23 bits per heavy atom. The first kappa shape index (κ1) is 15.2. The summed E-state index contributed by atoms with van der Waals surface area (Å²) in [5.74, 6) is 2.95. The number of hydrogen-bond acceptors (Lipinski definition) is 4. The number of methoxy groups -OCH3 is 2. The van der Waals surface area contributed by atoms with Crippen LogP contribution in [0.25, 0.3) is 0 Å². The number of nitrogens with one attached hydrogen (secondary N) is 1. The normalized spacial score (nSPS) is 24.0. The number of ether oxygens (including phenoxy) is 2. The molecule has 5 heteroatoms. The largest absolute Gasteiger partial charge is 0.493 e. The van der Waals surface area contributed by atoms with Crippen molar-refractivity contribution in [3.63, 3.8) is 0 Å². The summed E-state index contributed by atoms with van der Waals surface area (Å²) in [6.45, 7) is 3.94. The molecule has 0 aliphatic carbocycles. The molecule has 2 atom stereocenters. The Bertz CT molecular complexity index is 547. The van der Waals surface area contributed by atoms with E-state index in [9.17, 15) is 4.79 Å². The molecule has 0 radical (unpaired) electrons. The van der Waals surface area contributed by atoms with E-state index < -0.39 is 0 Å². The van der Waals surface area contributed by atoms with Gasteiger partial charge in [0.05, 0.1) is 20.6 Å². The van der Waals surface area contributed by atoms with Gasteiger partial charge in [0, 0.05) is 13.1 Å². The zero-order valence-corrected chi connectivity index (χ0v) is 13.3. The Kier molecular flexibility index (Phi) is 4.52. The van der Waals surface area contributed by atoms with Crippen molar-refractivity contribution in [1.29, 1.82) is 0 Å². The zero-order chi connectivity index (χ0) is 15.5. The molecule has 1 amide bonds. The predicted octanol–water partition coefficient (Wildman–Crippen LogP) is 1.31. The fraction of sp³-hybridized carbons (Fsp3) is 0.588. The number of rotatable bonds is 4. The minimum absolute atomic E-state index is 0.206. The van der Waals surface area contributed by atoms with Gasteiger partial charge in [0.1, 0.15) is 0 Å². The summed E-state index contributed by atoms with van der Waals surface area (Å²) in [5.41, 5.74) is 0.967. The molecule has 0 spiro atoms. The summed E-state index contributed by atoms with van der Waals surface area (Å²) < 4.78 is 10.5. The fourth-order valence-electron chi connectivity index (χ4n) is 3.54. The Hall–Kier alpha value is -1.75. The van der Waals surface area contributed by atoms with Crippen molar-refractivity contribution >= 4 is 5.91 Å². The van der Waals surface area contributed by atoms with Gasteiger partial charge in [0.25, 0.3) is 0 Å². The Morgan fingerprint density at radius 3 is 2.77 bits per heavy atom. The molecule has 2 fully saturated rings. The molecule has 0 bridgehead atoms. The van der Waals surface area contributed by atoms with Crippen LogP contribution in [0.4, 0.5) is 0 Å².